The van der Waals surface area contributed by atoms with Crippen LogP contribution >= 0.6 is 0 Å². The minimum Gasteiger partial charge on any atom is -0.493 e. The average molecular weight is 489 g/mol. The van der Waals surface area contributed by atoms with Crippen molar-refractivity contribution in [2.24, 2.45) is 4.99 Å². The van der Waals surface area contributed by atoms with Gasteiger partial charge >= 0.3 is 6.09 Å². The van der Waals surface area contributed by atoms with Crippen molar-refractivity contribution < 1.29 is 33.7 Å². The van der Waals surface area contributed by atoms with Crippen LogP contribution in [0.15, 0.2) is 23.2 Å². The summed E-state index contributed by atoms with van der Waals surface area (Å²) in [6.07, 6.45) is -0.0634. The summed E-state index contributed by atoms with van der Waals surface area (Å²) in [5, 5.41) is 12.8. The topological polar surface area (TPSA) is 130 Å². The van der Waals surface area contributed by atoms with Gasteiger partial charge in [0, 0.05) is 18.5 Å². The third-order valence-corrected chi connectivity index (χ3v) is 6.54. The molecule has 0 radical (unpaired) electrons. The highest BCUT2D eigenvalue weighted by molar-refractivity contribution is 5.92. The van der Waals surface area contributed by atoms with Crippen molar-refractivity contribution in [1.29, 1.82) is 0 Å². The van der Waals surface area contributed by atoms with Crippen LogP contribution in [0.1, 0.15) is 43.7 Å². The van der Waals surface area contributed by atoms with Crippen LogP contribution in [0.4, 0.5) is 4.79 Å². The van der Waals surface area contributed by atoms with Crippen LogP contribution in [0.3, 0.4) is 0 Å². The zero-order chi connectivity index (χ0) is 24.9. The van der Waals surface area contributed by atoms with Crippen LogP contribution in [0.25, 0.3) is 0 Å². The molecule has 1 aromatic carbocycles. The number of carbonyl (C=O) groups excluding carboxylic acids is 3. The Hall–Kier alpha value is -3.02. The molecule has 11 nitrogen and oxygen atoms in total. The molecule has 4 bridgehead atoms. The van der Waals surface area contributed by atoms with Gasteiger partial charge in [-0.15, -0.1) is 0 Å². The number of aliphatic hydroxyl groups excluding tert-OH is 1. The van der Waals surface area contributed by atoms with Crippen molar-refractivity contribution >= 4 is 24.6 Å². The number of carbonyl (C=O) groups is 3. The summed E-state index contributed by atoms with van der Waals surface area (Å²) in [5.74, 6) is -0.259. The van der Waals surface area contributed by atoms with Crippen LogP contribution in [-0.2, 0) is 32.2 Å². The van der Waals surface area contributed by atoms with E-state index in [2.05, 4.69) is 17.0 Å². The molecule has 35 heavy (non-hydrogen) atoms. The molecule has 11 heteroatoms. The normalized spacial score (nSPS) is 28.3. The summed E-state index contributed by atoms with van der Waals surface area (Å²) in [6.45, 7) is 6.49. The van der Waals surface area contributed by atoms with Gasteiger partial charge in [0.2, 0.25) is 12.3 Å². The molecule has 3 heterocycles. The predicted molar refractivity (Wildman–Crippen MR) is 125 cm³/mol. The molecule has 190 valence electrons. The highest BCUT2D eigenvalue weighted by Gasteiger charge is 2.43. The quantitative estimate of drug-likeness (QED) is 0.564. The standard InChI is InChI=1S/C24H32N4O7/c1-15-22(30)28-13-17(11-19(28)21(29)25-2)35-24(32)27-12-16-7-6-8-20(18(16)14-27)33-9-4-3-5-10-34-23(31)26-15/h6-8,15,17,19,23,26,31H,2-5,9-14H2,1H3. The number of aliphatic imine (C=N–C) groups is 1. The molecule has 1 saturated heterocycles. The zero-order valence-corrected chi connectivity index (χ0v) is 19.9. The monoisotopic (exact) mass is 488 g/mol. The third kappa shape index (κ3) is 5.80. The van der Waals surface area contributed by atoms with E-state index >= 15 is 0 Å². The van der Waals surface area contributed by atoms with Gasteiger partial charge in [0.05, 0.1) is 32.3 Å². The molecule has 3 aliphatic heterocycles. The second-order valence-electron chi connectivity index (χ2n) is 9.01. The number of ether oxygens (including phenoxy) is 3. The molecule has 4 rings (SSSR count). The molecule has 0 aliphatic carbocycles. The first-order chi connectivity index (χ1) is 16.9. The van der Waals surface area contributed by atoms with Crippen molar-refractivity contribution in [3.63, 3.8) is 0 Å². The lowest BCUT2D eigenvalue weighted by molar-refractivity contribution is -0.149. The maximum absolute atomic E-state index is 13.1. The number of benzene rings is 1. The summed E-state index contributed by atoms with van der Waals surface area (Å²) in [7, 11) is 0. The SMILES string of the molecule is C=NC(=O)C1CC2CN1C(=O)C(C)NC(O)OCCCCCOc1cccc3c1CN(C3)C(=O)O2. The van der Waals surface area contributed by atoms with Crippen LogP contribution in [0.5, 0.6) is 5.75 Å². The fourth-order valence-corrected chi connectivity index (χ4v) is 4.68. The molecular formula is C24H32N4O7. The predicted octanol–water partition coefficient (Wildman–Crippen LogP) is 1.17. The molecule has 1 aromatic rings. The maximum atomic E-state index is 13.1. The summed E-state index contributed by atoms with van der Waals surface area (Å²) < 4.78 is 17.1. The Balaban J connectivity index is 1.52. The van der Waals surface area contributed by atoms with E-state index < -0.39 is 42.5 Å². The Kier molecular flexibility index (Phi) is 7.99. The second-order valence-corrected chi connectivity index (χ2v) is 9.01. The first-order valence-corrected chi connectivity index (χ1v) is 11.9. The Bertz CT molecular complexity index is 971. The smallest absolute Gasteiger partial charge is 0.410 e. The third-order valence-electron chi connectivity index (χ3n) is 6.54. The van der Waals surface area contributed by atoms with Crippen LogP contribution < -0.4 is 10.1 Å². The molecule has 3 aliphatic rings. The molecule has 4 unspecified atom stereocenters. The molecule has 0 spiro atoms. The van der Waals surface area contributed by atoms with E-state index in [1.807, 2.05) is 18.2 Å². The van der Waals surface area contributed by atoms with Crippen molar-refractivity contribution in [1.82, 2.24) is 15.1 Å². The molecule has 3 amide bonds. The van der Waals surface area contributed by atoms with Crippen molar-refractivity contribution in [2.75, 3.05) is 19.8 Å². The fraction of sp³-hybridized carbons (Fsp3) is 0.583. The summed E-state index contributed by atoms with van der Waals surface area (Å²) in [6, 6.07) is 4.02. The van der Waals surface area contributed by atoms with E-state index in [0.29, 0.717) is 32.7 Å². The number of rotatable bonds is 1. The Morgan fingerprint density at radius 2 is 2.00 bits per heavy atom. The summed E-state index contributed by atoms with van der Waals surface area (Å²) >= 11 is 0. The van der Waals surface area contributed by atoms with Gasteiger partial charge in [0.1, 0.15) is 17.9 Å². The first-order valence-electron chi connectivity index (χ1n) is 11.9. The van der Waals surface area contributed by atoms with E-state index in [9.17, 15) is 19.5 Å². The zero-order valence-electron chi connectivity index (χ0n) is 19.9. The van der Waals surface area contributed by atoms with Crippen LogP contribution in [0.2, 0.25) is 0 Å². The number of amides is 3. The molecule has 2 N–H and O–H groups in total. The highest BCUT2D eigenvalue weighted by Crippen LogP contribution is 2.32. The van der Waals surface area contributed by atoms with Gasteiger partial charge < -0.3 is 24.2 Å². The van der Waals surface area contributed by atoms with E-state index in [1.54, 1.807) is 11.8 Å². The fourth-order valence-electron chi connectivity index (χ4n) is 4.68. The van der Waals surface area contributed by atoms with E-state index in [4.69, 9.17) is 14.2 Å². The maximum Gasteiger partial charge on any atom is 0.410 e. The van der Waals surface area contributed by atoms with Crippen LogP contribution in [0, 0.1) is 0 Å². The van der Waals surface area contributed by atoms with Crippen molar-refractivity contribution in [2.45, 2.75) is 70.3 Å². The highest BCUT2D eigenvalue weighted by atomic mass is 16.6. The van der Waals surface area contributed by atoms with Gasteiger partial charge in [-0.2, -0.15) is 0 Å². The number of aliphatic hydroxyl groups is 1. The van der Waals surface area contributed by atoms with Crippen molar-refractivity contribution in [3.8, 4) is 5.75 Å². The van der Waals surface area contributed by atoms with E-state index in [1.165, 1.54) is 4.90 Å². The number of fused-ring (bicyclic) bond motifs is 3. The van der Waals surface area contributed by atoms with Gasteiger partial charge in [-0.05, 0) is 44.5 Å². The lowest BCUT2D eigenvalue weighted by Crippen LogP contribution is -2.52. The van der Waals surface area contributed by atoms with E-state index in [-0.39, 0.29) is 13.0 Å². The number of nitrogens with zero attached hydrogens (tertiary/aromatic N) is 3. The largest absolute Gasteiger partial charge is 0.493 e. The number of hydrogen-bond acceptors (Lipinski definition) is 8. The number of hydrogen-bond donors (Lipinski definition) is 2. The van der Waals surface area contributed by atoms with Gasteiger partial charge in [0.25, 0.3) is 5.91 Å². The number of nitrogens with one attached hydrogen (secondary N) is 1. The minimum atomic E-state index is -1.34. The van der Waals surface area contributed by atoms with E-state index in [0.717, 1.165) is 29.7 Å². The Morgan fingerprint density at radius 1 is 1.20 bits per heavy atom. The molecule has 0 aromatic heterocycles. The first kappa shape index (κ1) is 25.1. The second kappa shape index (κ2) is 11.1. The van der Waals surface area contributed by atoms with Gasteiger partial charge in [0.15, 0.2) is 0 Å². The Labute approximate surface area is 204 Å². The minimum absolute atomic E-state index is 0.0363. The molecule has 4 atom stereocenters. The lowest BCUT2D eigenvalue weighted by atomic mass is 10.1. The molecule has 0 saturated carbocycles. The molecular weight excluding hydrogens is 456 g/mol. The van der Waals surface area contributed by atoms with Gasteiger partial charge in [-0.3, -0.25) is 19.8 Å². The Morgan fingerprint density at radius 3 is 2.80 bits per heavy atom. The summed E-state index contributed by atoms with van der Waals surface area (Å²) in [4.78, 5) is 44.8. The lowest BCUT2D eigenvalue weighted by Gasteiger charge is -2.27. The molecule has 1 fully saturated rings. The van der Waals surface area contributed by atoms with Gasteiger partial charge in [-0.25, -0.2) is 9.79 Å². The van der Waals surface area contributed by atoms with Crippen molar-refractivity contribution in [3.05, 3.63) is 29.3 Å². The van der Waals surface area contributed by atoms with Crippen LogP contribution in [-0.4, -0.2) is 83.9 Å². The van der Waals surface area contributed by atoms with Gasteiger partial charge in [-0.1, -0.05) is 12.1 Å². The average Bonchev–Trinajstić information content (AvgIpc) is 3.47. The summed E-state index contributed by atoms with van der Waals surface area (Å²) in [5.41, 5.74) is 1.96.